The Morgan fingerprint density at radius 1 is 1.19 bits per heavy atom. The summed E-state index contributed by atoms with van der Waals surface area (Å²) in [5, 5.41) is 3.31. The second-order valence-electron chi connectivity index (χ2n) is 7.84. The molecule has 0 aromatic heterocycles. The van der Waals surface area contributed by atoms with E-state index in [0.29, 0.717) is 6.54 Å². The predicted molar refractivity (Wildman–Crippen MR) is 108 cm³/mol. The van der Waals surface area contributed by atoms with Crippen molar-refractivity contribution in [1.29, 1.82) is 0 Å². The zero-order chi connectivity index (χ0) is 19.2. The van der Waals surface area contributed by atoms with Crippen molar-refractivity contribution in [3.8, 4) is 5.75 Å². The third kappa shape index (κ3) is 5.15. The molecule has 1 aromatic rings. The highest BCUT2D eigenvalue weighted by Crippen LogP contribution is 2.36. The molecular weight excluding hydrogens is 340 g/mol. The third-order valence-corrected chi connectivity index (χ3v) is 5.74. The molecule has 2 unspecified atom stereocenters. The molecule has 1 saturated heterocycles. The van der Waals surface area contributed by atoms with Crippen molar-refractivity contribution in [1.82, 2.24) is 15.1 Å². The van der Waals surface area contributed by atoms with Crippen LogP contribution in [0.2, 0.25) is 0 Å². The smallest absolute Gasteiger partial charge is 0.241 e. The zero-order valence-electron chi connectivity index (χ0n) is 16.8. The number of likely N-dealkylation sites (N-methyl/N-ethyl adjacent to an activating group) is 1. The van der Waals surface area contributed by atoms with E-state index < -0.39 is 0 Å². The fraction of sp³-hybridized carbons (Fsp3) is 0.619. The molecule has 1 N–H and O–H groups in total. The van der Waals surface area contributed by atoms with E-state index in [1.54, 1.807) is 26.1 Å². The SMILES string of the molecule is COc1ccc(CN=C(NCC(=O)N(C)C)N2CC3CCCCC3C2)cc1. The number of guanidine groups is 1. The van der Waals surface area contributed by atoms with Crippen molar-refractivity contribution in [2.45, 2.75) is 32.2 Å². The number of aliphatic imine (C=N–C) groups is 1. The molecule has 2 atom stereocenters. The molecule has 1 heterocycles. The number of fused-ring (bicyclic) bond motifs is 1. The van der Waals surface area contributed by atoms with Gasteiger partial charge in [-0.3, -0.25) is 4.79 Å². The maximum atomic E-state index is 12.0. The molecule has 1 amide bonds. The maximum absolute atomic E-state index is 12.0. The Kier molecular flexibility index (Phi) is 6.58. The number of rotatable bonds is 5. The average molecular weight is 373 g/mol. The molecule has 1 saturated carbocycles. The second-order valence-corrected chi connectivity index (χ2v) is 7.84. The van der Waals surface area contributed by atoms with Gasteiger partial charge in [-0.2, -0.15) is 0 Å². The van der Waals surface area contributed by atoms with E-state index in [9.17, 15) is 4.79 Å². The van der Waals surface area contributed by atoms with Gasteiger partial charge in [0, 0.05) is 27.2 Å². The number of hydrogen-bond acceptors (Lipinski definition) is 3. The minimum atomic E-state index is 0.0590. The van der Waals surface area contributed by atoms with Gasteiger partial charge in [0.05, 0.1) is 20.2 Å². The van der Waals surface area contributed by atoms with E-state index in [-0.39, 0.29) is 12.5 Å². The van der Waals surface area contributed by atoms with E-state index in [0.717, 1.165) is 42.2 Å². The minimum absolute atomic E-state index is 0.0590. The van der Waals surface area contributed by atoms with E-state index in [1.165, 1.54) is 25.7 Å². The summed E-state index contributed by atoms with van der Waals surface area (Å²) < 4.78 is 5.22. The van der Waals surface area contributed by atoms with Crippen LogP contribution >= 0.6 is 0 Å². The fourth-order valence-electron chi connectivity index (χ4n) is 4.06. The van der Waals surface area contributed by atoms with Gasteiger partial charge >= 0.3 is 0 Å². The number of benzene rings is 1. The van der Waals surface area contributed by atoms with Crippen molar-refractivity contribution >= 4 is 11.9 Å². The average Bonchev–Trinajstić information content (AvgIpc) is 3.12. The summed E-state index contributed by atoms with van der Waals surface area (Å²) in [6.07, 6.45) is 5.34. The quantitative estimate of drug-likeness (QED) is 0.637. The summed E-state index contributed by atoms with van der Waals surface area (Å²) in [6, 6.07) is 7.99. The van der Waals surface area contributed by atoms with E-state index >= 15 is 0 Å². The van der Waals surface area contributed by atoms with Crippen LogP contribution in [0.25, 0.3) is 0 Å². The number of nitrogens with zero attached hydrogens (tertiary/aromatic N) is 3. The molecule has 1 aromatic carbocycles. The van der Waals surface area contributed by atoms with Crippen LogP contribution in [0.3, 0.4) is 0 Å². The Bertz CT molecular complexity index is 643. The lowest BCUT2D eigenvalue weighted by molar-refractivity contribution is -0.127. The number of nitrogens with one attached hydrogen (secondary N) is 1. The Morgan fingerprint density at radius 2 is 1.81 bits per heavy atom. The van der Waals surface area contributed by atoms with Crippen LogP contribution in [0.5, 0.6) is 5.75 Å². The van der Waals surface area contributed by atoms with Crippen LogP contribution in [0, 0.1) is 11.8 Å². The number of carbonyl (C=O) groups is 1. The molecule has 148 valence electrons. The number of ether oxygens (including phenoxy) is 1. The topological polar surface area (TPSA) is 57.2 Å². The Hall–Kier alpha value is -2.24. The van der Waals surface area contributed by atoms with E-state index in [2.05, 4.69) is 10.2 Å². The molecule has 0 bridgehead atoms. The number of amides is 1. The van der Waals surface area contributed by atoms with Crippen molar-refractivity contribution in [3.63, 3.8) is 0 Å². The third-order valence-electron chi connectivity index (χ3n) is 5.74. The molecule has 0 radical (unpaired) electrons. The molecule has 1 aliphatic carbocycles. The summed E-state index contributed by atoms with van der Waals surface area (Å²) >= 11 is 0. The minimum Gasteiger partial charge on any atom is -0.497 e. The van der Waals surface area contributed by atoms with E-state index in [1.807, 2.05) is 24.3 Å². The molecule has 0 spiro atoms. The van der Waals surface area contributed by atoms with Gasteiger partial charge < -0.3 is 19.9 Å². The van der Waals surface area contributed by atoms with Gasteiger partial charge in [-0.05, 0) is 42.4 Å². The molecule has 27 heavy (non-hydrogen) atoms. The normalized spacial score (nSPS) is 22.3. The van der Waals surface area contributed by atoms with Gasteiger partial charge in [0.1, 0.15) is 5.75 Å². The van der Waals surface area contributed by atoms with Crippen LogP contribution in [-0.4, -0.2) is 62.5 Å². The van der Waals surface area contributed by atoms with Crippen LogP contribution in [0.4, 0.5) is 0 Å². The van der Waals surface area contributed by atoms with Crippen LogP contribution in [0.1, 0.15) is 31.2 Å². The van der Waals surface area contributed by atoms with Gasteiger partial charge in [-0.1, -0.05) is 25.0 Å². The lowest BCUT2D eigenvalue weighted by atomic mass is 9.82. The van der Waals surface area contributed by atoms with E-state index in [4.69, 9.17) is 9.73 Å². The molecule has 2 aliphatic rings. The first kappa shape index (κ1) is 19.5. The van der Waals surface area contributed by atoms with Crippen molar-refractivity contribution < 1.29 is 9.53 Å². The summed E-state index contributed by atoms with van der Waals surface area (Å²) in [5.41, 5.74) is 1.13. The molecule has 1 aliphatic heterocycles. The Morgan fingerprint density at radius 3 is 2.37 bits per heavy atom. The predicted octanol–water partition coefficient (Wildman–Crippen LogP) is 2.35. The van der Waals surface area contributed by atoms with Crippen LogP contribution < -0.4 is 10.1 Å². The van der Waals surface area contributed by atoms with Crippen molar-refractivity contribution in [3.05, 3.63) is 29.8 Å². The van der Waals surface area contributed by atoms with Crippen molar-refractivity contribution in [2.24, 2.45) is 16.8 Å². The Labute approximate surface area is 162 Å². The maximum Gasteiger partial charge on any atom is 0.241 e. The lowest BCUT2D eigenvalue weighted by Crippen LogP contribution is -2.44. The number of hydrogen-bond donors (Lipinski definition) is 1. The van der Waals surface area contributed by atoms with Gasteiger partial charge in [0.15, 0.2) is 5.96 Å². The standard InChI is InChI=1S/C21H32N4O2/c1-24(2)20(26)13-23-21(22-12-16-8-10-19(27-3)11-9-16)25-14-17-6-4-5-7-18(17)15-25/h8-11,17-18H,4-7,12-15H2,1-3H3,(H,22,23). The molecule has 2 fully saturated rings. The monoisotopic (exact) mass is 372 g/mol. The highest BCUT2D eigenvalue weighted by Gasteiger charge is 2.35. The molecule has 6 heteroatoms. The lowest BCUT2D eigenvalue weighted by Gasteiger charge is -2.23. The Balaban J connectivity index is 1.69. The number of likely N-dealkylation sites (tertiary alicyclic amines) is 1. The first-order chi connectivity index (χ1) is 13.1. The fourth-order valence-corrected chi connectivity index (χ4v) is 4.06. The van der Waals surface area contributed by atoms with Gasteiger partial charge in [0.2, 0.25) is 5.91 Å². The molecular formula is C21H32N4O2. The zero-order valence-corrected chi connectivity index (χ0v) is 16.8. The van der Waals surface area contributed by atoms with Crippen LogP contribution in [0.15, 0.2) is 29.3 Å². The summed E-state index contributed by atoms with van der Waals surface area (Å²) in [5.74, 6) is 3.31. The summed E-state index contributed by atoms with van der Waals surface area (Å²) in [7, 11) is 5.23. The van der Waals surface area contributed by atoms with Crippen LogP contribution in [-0.2, 0) is 11.3 Å². The highest BCUT2D eigenvalue weighted by atomic mass is 16.5. The second kappa shape index (κ2) is 9.11. The number of carbonyl (C=O) groups excluding carboxylic acids is 1. The molecule has 3 rings (SSSR count). The highest BCUT2D eigenvalue weighted by molar-refractivity contribution is 5.86. The molecule has 6 nitrogen and oxygen atoms in total. The number of methoxy groups -OCH3 is 1. The first-order valence-corrected chi connectivity index (χ1v) is 9.93. The van der Waals surface area contributed by atoms with Gasteiger partial charge in [-0.15, -0.1) is 0 Å². The largest absolute Gasteiger partial charge is 0.497 e. The summed E-state index contributed by atoms with van der Waals surface area (Å²) in [6.45, 7) is 2.97. The van der Waals surface area contributed by atoms with Gasteiger partial charge in [-0.25, -0.2) is 4.99 Å². The van der Waals surface area contributed by atoms with Gasteiger partial charge in [0.25, 0.3) is 0 Å². The summed E-state index contributed by atoms with van der Waals surface area (Å²) in [4.78, 5) is 20.8. The first-order valence-electron chi connectivity index (χ1n) is 9.93. The van der Waals surface area contributed by atoms with Crippen molar-refractivity contribution in [2.75, 3.05) is 40.8 Å².